The first-order chi connectivity index (χ1) is 10.5. The Morgan fingerprint density at radius 2 is 1.73 bits per heavy atom. The van der Waals surface area contributed by atoms with Crippen molar-refractivity contribution in [2.24, 2.45) is 0 Å². The van der Waals surface area contributed by atoms with E-state index >= 15 is 0 Å². The van der Waals surface area contributed by atoms with Crippen molar-refractivity contribution in [1.29, 1.82) is 0 Å². The molecule has 0 spiro atoms. The summed E-state index contributed by atoms with van der Waals surface area (Å²) >= 11 is 0. The highest BCUT2D eigenvalue weighted by atomic mass is 16.3. The smallest absolute Gasteiger partial charge is 0.262 e. The van der Waals surface area contributed by atoms with Crippen LogP contribution in [0.2, 0.25) is 0 Å². The van der Waals surface area contributed by atoms with Gasteiger partial charge in [0.1, 0.15) is 11.8 Å². The average molecular weight is 304 g/mol. The molecule has 0 aliphatic carbocycles. The molecule has 7 heteroatoms. The van der Waals surface area contributed by atoms with Gasteiger partial charge in [-0.25, -0.2) is 0 Å². The Bertz CT molecular complexity index is 668. The van der Waals surface area contributed by atoms with E-state index in [2.05, 4.69) is 5.32 Å². The third-order valence-electron chi connectivity index (χ3n) is 3.42. The molecule has 1 atom stereocenters. The minimum atomic E-state index is -0.984. The van der Waals surface area contributed by atoms with E-state index in [1.165, 1.54) is 18.2 Å². The molecule has 7 nitrogen and oxygen atoms in total. The second kappa shape index (κ2) is 5.97. The number of benzene rings is 1. The standard InChI is InChI=1S/C13H10N2O5.C2H6/c16-6-1-2-7-8(5-6)13(20)15(12(7)19)9-3-4-10(17)14-11(9)18;1-2/h1-2,5,9,16H,3-4H2,(H,14,17,18);1-2H3. The molecule has 2 aliphatic rings. The Morgan fingerprint density at radius 1 is 1.09 bits per heavy atom. The van der Waals surface area contributed by atoms with Gasteiger partial charge in [-0.05, 0) is 24.6 Å². The number of fused-ring (bicyclic) bond motifs is 1. The second-order valence-electron chi connectivity index (χ2n) is 4.68. The third-order valence-corrected chi connectivity index (χ3v) is 3.42. The summed E-state index contributed by atoms with van der Waals surface area (Å²) in [5, 5.41) is 11.5. The zero-order chi connectivity index (χ0) is 16.4. The molecular formula is C15H16N2O5. The second-order valence-corrected chi connectivity index (χ2v) is 4.68. The van der Waals surface area contributed by atoms with E-state index in [0.717, 1.165) is 4.90 Å². The van der Waals surface area contributed by atoms with Crippen molar-refractivity contribution < 1.29 is 24.3 Å². The van der Waals surface area contributed by atoms with Crippen molar-refractivity contribution in [3.05, 3.63) is 29.3 Å². The lowest BCUT2D eigenvalue weighted by Crippen LogP contribution is -2.54. The Hall–Kier alpha value is -2.70. The fourth-order valence-electron chi connectivity index (χ4n) is 2.46. The molecule has 22 heavy (non-hydrogen) atoms. The van der Waals surface area contributed by atoms with E-state index in [1.54, 1.807) is 0 Å². The molecule has 1 aromatic rings. The zero-order valence-corrected chi connectivity index (χ0v) is 12.3. The highest BCUT2D eigenvalue weighted by Crippen LogP contribution is 2.29. The van der Waals surface area contributed by atoms with Gasteiger partial charge in [0.2, 0.25) is 11.8 Å². The molecule has 0 bridgehead atoms. The summed E-state index contributed by atoms with van der Waals surface area (Å²) in [5.41, 5.74) is 0.220. The number of phenols is 1. The fourth-order valence-corrected chi connectivity index (χ4v) is 2.46. The maximum atomic E-state index is 12.2. The highest BCUT2D eigenvalue weighted by Gasteiger charge is 2.44. The lowest BCUT2D eigenvalue weighted by Gasteiger charge is -2.27. The van der Waals surface area contributed by atoms with E-state index in [0.29, 0.717) is 0 Å². The van der Waals surface area contributed by atoms with Crippen LogP contribution in [0.15, 0.2) is 18.2 Å². The molecule has 1 unspecified atom stereocenters. The minimum Gasteiger partial charge on any atom is -0.508 e. The molecule has 0 saturated carbocycles. The number of aromatic hydroxyl groups is 1. The van der Waals surface area contributed by atoms with Crippen LogP contribution >= 0.6 is 0 Å². The average Bonchev–Trinajstić information content (AvgIpc) is 2.73. The lowest BCUT2D eigenvalue weighted by atomic mass is 10.0. The van der Waals surface area contributed by atoms with Crippen LogP contribution in [0.5, 0.6) is 5.75 Å². The van der Waals surface area contributed by atoms with Gasteiger partial charge in [0.15, 0.2) is 0 Å². The van der Waals surface area contributed by atoms with Gasteiger partial charge in [-0.3, -0.25) is 29.4 Å². The molecule has 116 valence electrons. The predicted molar refractivity (Wildman–Crippen MR) is 76.1 cm³/mol. The van der Waals surface area contributed by atoms with Crippen LogP contribution in [0.3, 0.4) is 0 Å². The van der Waals surface area contributed by atoms with Gasteiger partial charge >= 0.3 is 0 Å². The molecule has 4 amide bonds. The molecule has 3 rings (SSSR count). The van der Waals surface area contributed by atoms with Crippen LogP contribution < -0.4 is 5.32 Å². The maximum absolute atomic E-state index is 12.2. The predicted octanol–water partition coefficient (Wildman–Crippen LogP) is 0.820. The molecular weight excluding hydrogens is 288 g/mol. The van der Waals surface area contributed by atoms with Gasteiger partial charge in [-0.15, -0.1) is 0 Å². The van der Waals surface area contributed by atoms with Gasteiger partial charge in [-0.1, -0.05) is 13.8 Å². The minimum absolute atomic E-state index is 0.0692. The van der Waals surface area contributed by atoms with Gasteiger partial charge in [0, 0.05) is 6.42 Å². The van der Waals surface area contributed by atoms with Crippen molar-refractivity contribution in [3.63, 3.8) is 0 Å². The number of carbonyl (C=O) groups is 4. The quantitative estimate of drug-likeness (QED) is 0.748. The molecule has 0 aromatic heterocycles. The first kappa shape index (κ1) is 15.7. The first-order valence-corrected chi connectivity index (χ1v) is 7.03. The van der Waals surface area contributed by atoms with Crippen LogP contribution in [-0.4, -0.2) is 39.7 Å². The van der Waals surface area contributed by atoms with Gasteiger partial charge in [-0.2, -0.15) is 0 Å². The van der Waals surface area contributed by atoms with Crippen LogP contribution in [0.4, 0.5) is 0 Å². The normalized spacial score (nSPS) is 20.3. The van der Waals surface area contributed by atoms with Crippen LogP contribution in [0, 0.1) is 0 Å². The summed E-state index contributed by atoms with van der Waals surface area (Å²) in [6.07, 6.45) is 0.192. The molecule has 1 aromatic carbocycles. The molecule has 2 heterocycles. The van der Waals surface area contributed by atoms with Gasteiger partial charge < -0.3 is 5.11 Å². The Kier molecular flexibility index (Phi) is 4.25. The number of carbonyl (C=O) groups excluding carboxylic acids is 4. The van der Waals surface area contributed by atoms with Crippen LogP contribution in [0.25, 0.3) is 0 Å². The highest BCUT2D eigenvalue weighted by molar-refractivity contribution is 6.23. The number of nitrogens with zero attached hydrogens (tertiary/aromatic N) is 1. The lowest BCUT2D eigenvalue weighted by molar-refractivity contribution is -0.136. The van der Waals surface area contributed by atoms with Crippen molar-refractivity contribution in [2.45, 2.75) is 32.7 Å². The number of nitrogens with one attached hydrogen (secondary N) is 1. The number of phenolic OH excluding ortho intramolecular Hbond substituents is 1. The molecule has 2 aliphatic heterocycles. The largest absolute Gasteiger partial charge is 0.508 e. The zero-order valence-electron chi connectivity index (χ0n) is 12.3. The Labute approximate surface area is 126 Å². The number of imide groups is 2. The van der Waals surface area contributed by atoms with Gasteiger partial charge in [0.25, 0.3) is 11.8 Å². The number of piperidine rings is 1. The van der Waals surface area contributed by atoms with Crippen molar-refractivity contribution in [2.75, 3.05) is 0 Å². The molecule has 2 N–H and O–H groups in total. The fraction of sp³-hybridized carbons (Fsp3) is 0.333. The maximum Gasteiger partial charge on any atom is 0.262 e. The monoisotopic (exact) mass is 304 g/mol. The Morgan fingerprint density at radius 3 is 2.36 bits per heavy atom. The SMILES string of the molecule is CC.O=C1CCC(N2C(=O)c3ccc(O)cc3C2=O)C(=O)N1. The Balaban J connectivity index is 0.000000847. The summed E-state index contributed by atoms with van der Waals surface area (Å²) in [4.78, 5) is 48.2. The number of amides is 4. The van der Waals surface area contributed by atoms with Crippen LogP contribution in [-0.2, 0) is 9.59 Å². The number of hydrogen-bond acceptors (Lipinski definition) is 5. The molecule has 1 fully saturated rings. The number of hydrogen-bond donors (Lipinski definition) is 2. The summed E-state index contributed by atoms with van der Waals surface area (Å²) in [5.74, 6) is -2.41. The van der Waals surface area contributed by atoms with Crippen molar-refractivity contribution in [1.82, 2.24) is 10.2 Å². The third kappa shape index (κ3) is 2.45. The van der Waals surface area contributed by atoms with E-state index < -0.39 is 29.7 Å². The van der Waals surface area contributed by atoms with Crippen molar-refractivity contribution in [3.8, 4) is 5.75 Å². The van der Waals surface area contributed by atoms with E-state index in [4.69, 9.17) is 0 Å². The van der Waals surface area contributed by atoms with Gasteiger partial charge in [0.05, 0.1) is 11.1 Å². The summed E-state index contributed by atoms with van der Waals surface area (Å²) in [7, 11) is 0. The molecule has 1 saturated heterocycles. The first-order valence-electron chi connectivity index (χ1n) is 7.03. The van der Waals surface area contributed by atoms with E-state index in [9.17, 15) is 24.3 Å². The number of rotatable bonds is 1. The van der Waals surface area contributed by atoms with E-state index in [-0.39, 0.29) is 29.7 Å². The summed E-state index contributed by atoms with van der Waals surface area (Å²) in [6.45, 7) is 4.00. The molecule has 0 radical (unpaired) electrons. The van der Waals surface area contributed by atoms with Crippen molar-refractivity contribution >= 4 is 23.6 Å². The summed E-state index contributed by atoms with van der Waals surface area (Å²) in [6, 6.07) is 2.86. The topological polar surface area (TPSA) is 104 Å². The summed E-state index contributed by atoms with van der Waals surface area (Å²) < 4.78 is 0. The van der Waals surface area contributed by atoms with E-state index in [1.807, 2.05) is 13.8 Å². The van der Waals surface area contributed by atoms with Crippen LogP contribution in [0.1, 0.15) is 47.4 Å².